The third kappa shape index (κ3) is 5.90. The molecule has 10 rings (SSSR count). The first-order valence-electron chi connectivity index (χ1n) is 21.2. The van der Waals surface area contributed by atoms with Crippen molar-refractivity contribution in [1.82, 2.24) is 0 Å². The van der Waals surface area contributed by atoms with Gasteiger partial charge in [-0.2, -0.15) is 0 Å². The zero-order valence-electron chi connectivity index (χ0n) is 35.3. The van der Waals surface area contributed by atoms with Gasteiger partial charge in [0.1, 0.15) is 0 Å². The van der Waals surface area contributed by atoms with Crippen LogP contribution in [-0.2, 0) is 5.41 Å². The number of rotatable bonds is 7. The Hall–Kier alpha value is -6.96. The summed E-state index contributed by atoms with van der Waals surface area (Å²) in [6.07, 6.45) is 0. The highest BCUT2D eigenvalue weighted by Gasteiger charge is 2.35. The Morgan fingerprint density at radius 1 is 0.357 bits per heavy atom. The van der Waals surface area contributed by atoms with Gasteiger partial charge in [-0.25, -0.2) is 0 Å². The van der Waals surface area contributed by atoms with E-state index in [-0.39, 0.29) is 40.8 Å². The van der Waals surface area contributed by atoms with E-state index in [1.165, 1.54) is 11.1 Å². The summed E-state index contributed by atoms with van der Waals surface area (Å²) in [5, 5.41) is 2.28. The molecule has 1 nitrogen and oxygen atoms in total. The molecule has 1 aliphatic rings. The van der Waals surface area contributed by atoms with Crippen molar-refractivity contribution in [3.8, 4) is 55.6 Å². The van der Waals surface area contributed by atoms with Crippen molar-refractivity contribution in [2.75, 3.05) is 4.90 Å². The molecule has 0 saturated heterocycles. The number of hydrogen-bond acceptors (Lipinski definition) is 1. The summed E-state index contributed by atoms with van der Waals surface area (Å²) in [5.74, 6) is 0. The van der Waals surface area contributed by atoms with Crippen molar-refractivity contribution in [1.29, 1.82) is 0 Å². The molecule has 1 aliphatic carbocycles. The highest BCUT2D eigenvalue weighted by atomic mass is 15.1. The molecule has 0 aromatic heterocycles. The van der Waals surface area contributed by atoms with Gasteiger partial charge < -0.3 is 4.90 Å². The van der Waals surface area contributed by atoms with Crippen LogP contribution < -0.4 is 4.90 Å². The molecule has 1 heteroatoms. The molecule has 0 unspecified atom stereocenters. The van der Waals surface area contributed by atoms with E-state index in [0.29, 0.717) is 5.56 Å². The second-order valence-corrected chi connectivity index (χ2v) is 15.1. The summed E-state index contributed by atoms with van der Waals surface area (Å²) < 4.78 is 38.7. The quantitative estimate of drug-likeness (QED) is 0.159. The minimum Gasteiger partial charge on any atom is -0.310 e. The van der Waals surface area contributed by atoms with Crippen molar-refractivity contribution in [2.45, 2.75) is 19.3 Å². The molecule has 0 N–H and O–H groups in total. The predicted molar refractivity (Wildman–Crippen MR) is 238 cm³/mol. The highest BCUT2D eigenvalue weighted by Crippen LogP contribution is 2.51. The van der Waals surface area contributed by atoms with Crippen molar-refractivity contribution in [2.24, 2.45) is 0 Å². The average molecular weight is 720 g/mol. The van der Waals surface area contributed by atoms with Gasteiger partial charge in [0.15, 0.2) is 0 Å². The molecule has 56 heavy (non-hydrogen) atoms. The summed E-state index contributed by atoms with van der Waals surface area (Å²) in [4.78, 5) is 1.94. The van der Waals surface area contributed by atoms with Crippen molar-refractivity contribution < 1.29 is 5.48 Å². The van der Waals surface area contributed by atoms with Gasteiger partial charge in [0, 0.05) is 22.4 Å². The molecule has 0 fully saturated rings. The van der Waals surface area contributed by atoms with Gasteiger partial charge in [0.05, 0.1) is 11.2 Å². The number of nitrogens with zero attached hydrogens (tertiary/aromatic N) is 1. The molecule has 0 amide bonds. The predicted octanol–water partition coefficient (Wildman–Crippen LogP) is 15.3. The summed E-state index contributed by atoms with van der Waals surface area (Å²) in [5.41, 5.74) is 13.1. The van der Waals surface area contributed by atoms with Crippen molar-refractivity contribution >= 4 is 27.8 Å². The lowest BCUT2D eigenvalue weighted by atomic mass is 9.82. The van der Waals surface area contributed by atoms with Gasteiger partial charge in [-0.05, 0) is 114 Å². The van der Waals surface area contributed by atoms with Crippen LogP contribution in [0.15, 0.2) is 212 Å². The van der Waals surface area contributed by atoms with Crippen LogP contribution >= 0.6 is 0 Å². The van der Waals surface area contributed by atoms with Crippen LogP contribution in [-0.4, -0.2) is 0 Å². The third-order valence-corrected chi connectivity index (χ3v) is 11.3. The maximum Gasteiger partial charge on any atom is 0.0645 e. The number of anilines is 3. The van der Waals surface area contributed by atoms with Crippen molar-refractivity contribution in [3.63, 3.8) is 0 Å². The van der Waals surface area contributed by atoms with Crippen LogP contribution in [0.3, 0.4) is 0 Å². The molecule has 0 heterocycles. The highest BCUT2D eigenvalue weighted by molar-refractivity contribution is 5.92. The molecule has 9 aromatic rings. The Balaban J connectivity index is 1.15. The fraction of sp³-hybridized carbons (Fsp3) is 0.0545. The van der Waals surface area contributed by atoms with E-state index in [2.05, 4.69) is 129 Å². The van der Waals surface area contributed by atoms with E-state index >= 15 is 0 Å². The molecule has 0 aliphatic heterocycles. The standard InChI is InChI=1S/C55H41N/c1-55(2)52-21-10-8-20-50(52)51-34-33-48(37-53(51)55)56(54-22-11-9-19-49(54)42-26-23-40(24-27-42)38-13-4-3-5-14-38)47-31-29-41(30-32-47)44-17-12-18-45(35-44)46-28-25-39-15-6-7-16-43(39)36-46/h3-37H,1-2H3/i29D,30D,31D,32D. The van der Waals surface area contributed by atoms with Crippen LogP contribution in [0.4, 0.5) is 17.1 Å². The normalized spacial score (nSPS) is 13.6. The smallest absolute Gasteiger partial charge is 0.0645 e. The number of para-hydroxylation sites is 1. The van der Waals surface area contributed by atoms with Gasteiger partial charge in [-0.15, -0.1) is 0 Å². The summed E-state index contributed by atoms with van der Waals surface area (Å²) in [6, 6.07) is 63.7. The SMILES string of the molecule is [2H]c1c([2H])c(N(c2ccc3c(c2)C(C)(C)c2ccccc2-3)c2ccccc2-c2ccc(-c3ccccc3)cc2)c([2H])c([2H])c1-c1cccc(-c2ccc3ccccc3c2)c1. The minimum absolute atomic E-state index is 0.0924. The summed E-state index contributed by atoms with van der Waals surface area (Å²) in [6.45, 7) is 4.48. The monoisotopic (exact) mass is 719 g/mol. The lowest BCUT2D eigenvalue weighted by molar-refractivity contribution is 0.660. The topological polar surface area (TPSA) is 3.24 Å². The molecule has 0 atom stereocenters. The second-order valence-electron chi connectivity index (χ2n) is 15.1. The van der Waals surface area contributed by atoms with Gasteiger partial charge in [-0.3, -0.25) is 0 Å². The van der Waals surface area contributed by atoms with E-state index in [1.807, 2.05) is 77.7 Å². The number of hydrogen-bond donors (Lipinski definition) is 0. The molecular weight excluding hydrogens is 675 g/mol. The fourth-order valence-electron chi connectivity index (χ4n) is 8.39. The maximum atomic E-state index is 9.76. The van der Waals surface area contributed by atoms with Crippen LogP contribution in [0.2, 0.25) is 0 Å². The maximum absolute atomic E-state index is 9.76. The number of fused-ring (bicyclic) bond motifs is 4. The van der Waals surface area contributed by atoms with Crippen LogP contribution in [0.5, 0.6) is 0 Å². The fourth-order valence-corrected chi connectivity index (χ4v) is 8.39. The second kappa shape index (κ2) is 13.7. The molecule has 0 saturated carbocycles. The zero-order chi connectivity index (χ0) is 41.1. The largest absolute Gasteiger partial charge is 0.310 e. The van der Waals surface area contributed by atoms with E-state index in [4.69, 9.17) is 0 Å². The third-order valence-electron chi connectivity index (χ3n) is 11.3. The minimum atomic E-state index is -0.297. The Morgan fingerprint density at radius 2 is 0.929 bits per heavy atom. The Kier molecular flexibility index (Phi) is 7.20. The first-order valence-corrected chi connectivity index (χ1v) is 19.2. The Morgan fingerprint density at radius 3 is 1.73 bits per heavy atom. The molecule has 0 radical (unpaired) electrons. The lowest BCUT2D eigenvalue weighted by Crippen LogP contribution is -2.16. The molecule has 0 spiro atoms. The van der Waals surface area contributed by atoms with Crippen LogP contribution in [0, 0.1) is 0 Å². The van der Waals surface area contributed by atoms with Gasteiger partial charge in [-0.1, -0.05) is 184 Å². The van der Waals surface area contributed by atoms with Crippen LogP contribution in [0.25, 0.3) is 66.4 Å². The summed E-state index contributed by atoms with van der Waals surface area (Å²) in [7, 11) is 0. The molecule has 9 aromatic carbocycles. The van der Waals surface area contributed by atoms with Crippen molar-refractivity contribution in [3.05, 3.63) is 223 Å². The first-order chi connectivity index (χ1) is 29.2. The Labute approximate surface area is 335 Å². The van der Waals surface area contributed by atoms with Gasteiger partial charge in [0.25, 0.3) is 0 Å². The first kappa shape index (κ1) is 29.4. The zero-order valence-corrected chi connectivity index (χ0v) is 31.3. The molecule has 0 bridgehead atoms. The van der Waals surface area contributed by atoms with Gasteiger partial charge in [0.2, 0.25) is 0 Å². The van der Waals surface area contributed by atoms with Gasteiger partial charge >= 0.3 is 0 Å². The lowest BCUT2D eigenvalue weighted by Gasteiger charge is -2.30. The van der Waals surface area contributed by atoms with E-state index in [9.17, 15) is 5.48 Å². The Bertz CT molecular complexity index is 3090. The molecular formula is C55H41N. The summed E-state index contributed by atoms with van der Waals surface area (Å²) >= 11 is 0. The average Bonchev–Trinajstić information content (AvgIpc) is 3.52. The van der Waals surface area contributed by atoms with E-state index in [1.54, 1.807) is 0 Å². The van der Waals surface area contributed by atoms with E-state index < -0.39 is 0 Å². The molecule has 266 valence electrons. The van der Waals surface area contributed by atoms with Crippen LogP contribution in [0.1, 0.15) is 30.5 Å². The van der Waals surface area contributed by atoms with E-state index in [0.717, 1.165) is 66.7 Å². The number of benzene rings is 9.